The number of nitrogens with one attached hydrogen (secondary N) is 1. The Bertz CT molecular complexity index is 794. The predicted octanol–water partition coefficient (Wildman–Crippen LogP) is 5.07. The van der Waals surface area contributed by atoms with Crippen molar-refractivity contribution in [3.05, 3.63) is 54.1 Å². The lowest BCUT2D eigenvalue weighted by Gasteiger charge is -2.10. The molecule has 0 bridgehead atoms. The van der Waals surface area contributed by atoms with Gasteiger partial charge in [0.05, 0.1) is 5.75 Å². The summed E-state index contributed by atoms with van der Waals surface area (Å²) in [5.74, 6) is 0.725. The lowest BCUT2D eigenvalue weighted by atomic mass is 9.99. The molecule has 0 fully saturated rings. The summed E-state index contributed by atoms with van der Waals surface area (Å²) in [6, 6.07) is 15.6. The molecule has 1 amide bonds. The molecule has 0 aliphatic heterocycles. The number of aromatic nitrogens is 1. The molecule has 124 valence electrons. The minimum absolute atomic E-state index is 0.0708. The number of hydrogen-bond donors (Lipinski definition) is 1. The summed E-state index contributed by atoms with van der Waals surface area (Å²) in [5, 5.41) is 3.41. The highest BCUT2D eigenvalue weighted by atomic mass is 32.2. The highest BCUT2D eigenvalue weighted by Gasteiger charge is 2.10. The van der Waals surface area contributed by atoms with Crippen molar-refractivity contribution in [1.82, 2.24) is 4.98 Å². The second-order valence-corrected chi connectivity index (χ2v) is 6.64. The van der Waals surface area contributed by atoms with Crippen LogP contribution in [0.25, 0.3) is 11.1 Å². The largest absolute Gasteiger partial charge is 0.431 e. The van der Waals surface area contributed by atoms with E-state index < -0.39 is 0 Å². The zero-order valence-corrected chi connectivity index (χ0v) is 14.6. The Morgan fingerprint density at radius 3 is 2.67 bits per heavy atom. The normalized spacial score (nSPS) is 12.2. The van der Waals surface area contributed by atoms with Gasteiger partial charge < -0.3 is 9.73 Å². The molecule has 0 radical (unpaired) electrons. The van der Waals surface area contributed by atoms with Crippen molar-refractivity contribution in [2.24, 2.45) is 0 Å². The van der Waals surface area contributed by atoms with Crippen LogP contribution in [0.5, 0.6) is 0 Å². The molecule has 3 aromatic rings. The zero-order chi connectivity index (χ0) is 16.9. The number of rotatable bonds is 6. The van der Waals surface area contributed by atoms with E-state index >= 15 is 0 Å². The number of carbonyl (C=O) groups excluding carboxylic acids is 1. The lowest BCUT2D eigenvalue weighted by Crippen LogP contribution is -2.14. The van der Waals surface area contributed by atoms with Crippen LogP contribution >= 0.6 is 11.8 Å². The first kappa shape index (κ1) is 16.6. The average molecular weight is 340 g/mol. The fourth-order valence-corrected chi connectivity index (χ4v) is 3.01. The average Bonchev–Trinajstić information content (AvgIpc) is 3.03. The van der Waals surface area contributed by atoms with E-state index in [9.17, 15) is 4.79 Å². The Hall–Kier alpha value is -2.27. The molecule has 0 unspecified atom stereocenters. The molecule has 3 rings (SSSR count). The van der Waals surface area contributed by atoms with Crippen molar-refractivity contribution < 1.29 is 9.21 Å². The van der Waals surface area contributed by atoms with Gasteiger partial charge in [0, 0.05) is 5.69 Å². The number of anilines is 1. The number of oxazole rings is 1. The van der Waals surface area contributed by atoms with Gasteiger partial charge in [0.25, 0.3) is 5.22 Å². The third kappa shape index (κ3) is 3.97. The Morgan fingerprint density at radius 1 is 1.21 bits per heavy atom. The second kappa shape index (κ2) is 7.53. The van der Waals surface area contributed by atoms with Gasteiger partial charge in [-0.05, 0) is 42.2 Å². The zero-order valence-electron chi connectivity index (χ0n) is 13.8. The summed E-state index contributed by atoms with van der Waals surface area (Å²) in [4.78, 5) is 16.4. The number of fused-ring (bicyclic) bond motifs is 1. The van der Waals surface area contributed by atoms with Crippen LogP contribution in [-0.4, -0.2) is 16.6 Å². The van der Waals surface area contributed by atoms with Crippen LogP contribution < -0.4 is 5.32 Å². The molecule has 1 aromatic heterocycles. The van der Waals surface area contributed by atoms with E-state index in [1.807, 2.05) is 36.4 Å². The number of benzene rings is 2. The van der Waals surface area contributed by atoms with E-state index in [0.717, 1.165) is 23.2 Å². The fourth-order valence-electron chi connectivity index (χ4n) is 2.37. The number of amides is 1. The van der Waals surface area contributed by atoms with Crippen molar-refractivity contribution in [2.75, 3.05) is 11.1 Å². The molecule has 0 saturated heterocycles. The van der Waals surface area contributed by atoms with Crippen LogP contribution in [0.15, 0.2) is 58.2 Å². The highest BCUT2D eigenvalue weighted by molar-refractivity contribution is 7.99. The number of carbonyl (C=O) groups is 1. The van der Waals surface area contributed by atoms with Crippen LogP contribution in [0.1, 0.15) is 31.7 Å². The fraction of sp³-hybridized carbons (Fsp3) is 0.263. The molecule has 0 saturated carbocycles. The van der Waals surface area contributed by atoms with Gasteiger partial charge in [-0.25, -0.2) is 4.98 Å². The lowest BCUT2D eigenvalue weighted by molar-refractivity contribution is -0.113. The van der Waals surface area contributed by atoms with Gasteiger partial charge in [0.1, 0.15) is 5.52 Å². The van der Waals surface area contributed by atoms with Crippen molar-refractivity contribution in [1.29, 1.82) is 0 Å². The number of thioether (sulfide) groups is 1. The molecule has 0 aliphatic rings. The van der Waals surface area contributed by atoms with Gasteiger partial charge in [0.15, 0.2) is 5.58 Å². The second-order valence-electron chi connectivity index (χ2n) is 5.72. The highest BCUT2D eigenvalue weighted by Crippen LogP contribution is 2.24. The smallest absolute Gasteiger partial charge is 0.257 e. The first-order valence-electron chi connectivity index (χ1n) is 8.04. The van der Waals surface area contributed by atoms with E-state index in [1.165, 1.54) is 17.3 Å². The van der Waals surface area contributed by atoms with Crippen LogP contribution in [0.4, 0.5) is 5.69 Å². The van der Waals surface area contributed by atoms with E-state index in [1.54, 1.807) is 0 Å². The Balaban J connectivity index is 1.55. The summed E-state index contributed by atoms with van der Waals surface area (Å²) in [7, 11) is 0. The van der Waals surface area contributed by atoms with Crippen LogP contribution in [-0.2, 0) is 4.79 Å². The monoisotopic (exact) mass is 340 g/mol. The summed E-state index contributed by atoms with van der Waals surface area (Å²) in [6.07, 6.45) is 1.10. The first-order chi connectivity index (χ1) is 11.7. The molecule has 1 N–H and O–H groups in total. The molecule has 24 heavy (non-hydrogen) atoms. The minimum atomic E-state index is -0.0708. The maximum absolute atomic E-state index is 12.1. The van der Waals surface area contributed by atoms with Crippen LogP contribution in [0, 0.1) is 0 Å². The van der Waals surface area contributed by atoms with E-state index in [2.05, 4.69) is 36.3 Å². The summed E-state index contributed by atoms with van der Waals surface area (Å²) in [5.41, 5.74) is 3.64. The molecule has 1 heterocycles. The first-order valence-corrected chi connectivity index (χ1v) is 9.02. The summed E-state index contributed by atoms with van der Waals surface area (Å²) < 4.78 is 5.59. The third-order valence-electron chi connectivity index (χ3n) is 3.98. The summed E-state index contributed by atoms with van der Waals surface area (Å²) in [6.45, 7) is 4.37. The SMILES string of the molecule is CC[C@@H](C)c1ccc(NC(=O)CSc2nc3ccccc3o2)cc1. The Labute approximate surface area is 145 Å². The van der Waals surface area contributed by atoms with E-state index in [-0.39, 0.29) is 11.7 Å². The van der Waals surface area contributed by atoms with E-state index in [0.29, 0.717) is 11.1 Å². The standard InChI is InChI=1S/C19H20N2O2S/c1-3-13(2)14-8-10-15(11-9-14)20-18(22)12-24-19-21-16-6-4-5-7-17(16)23-19/h4-11,13H,3,12H2,1-2H3,(H,20,22)/t13-/m1/s1. The van der Waals surface area contributed by atoms with Crippen LogP contribution in [0.2, 0.25) is 0 Å². The molecule has 1 atom stereocenters. The van der Waals surface area contributed by atoms with Gasteiger partial charge in [-0.15, -0.1) is 0 Å². The van der Waals surface area contributed by atoms with Gasteiger partial charge in [0.2, 0.25) is 5.91 Å². The number of para-hydroxylation sites is 2. The van der Waals surface area contributed by atoms with Crippen molar-refractivity contribution >= 4 is 34.5 Å². The van der Waals surface area contributed by atoms with Gasteiger partial charge in [-0.3, -0.25) is 4.79 Å². The minimum Gasteiger partial charge on any atom is -0.431 e. The molecular formula is C19H20N2O2S. The Morgan fingerprint density at radius 2 is 1.96 bits per heavy atom. The van der Waals surface area contributed by atoms with E-state index in [4.69, 9.17) is 4.42 Å². The van der Waals surface area contributed by atoms with Crippen LogP contribution in [0.3, 0.4) is 0 Å². The van der Waals surface area contributed by atoms with Gasteiger partial charge >= 0.3 is 0 Å². The quantitative estimate of drug-likeness (QED) is 0.636. The topological polar surface area (TPSA) is 55.1 Å². The summed E-state index contributed by atoms with van der Waals surface area (Å²) >= 11 is 1.30. The molecule has 4 nitrogen and oxygen atoms in total. The third-order valence-corrected chi connectivity index (χ3v) is 4.80. The van der Waals surface area contributed by atoms with Crippen molar-refractivity contribution in [3.8, 4) is 0 Å². The van der Waals surface area contributed by atoms with Crippen molar-refractivity contribution in [3.63, 3.8) is 0 Å². The molecular weight excluding hydrogens is 320 g/mol. The number of nitrogens with zero attached hydrogens (tertiary/aromatic N) is 1. The van der Waals surface area contributed by atoms with Gasteiger partial charge in [-0.2, -0.15) is 0 Å². The molecule has 5 heteroatoms. The Kier molecular flexibility index (Phi) is 5.20. The molecule has 2 aromatic carbocycles. The number of hydrogen-bond acceptors (Lipinski definition) is 4. The maximum atomic E-state index is 12.1. The maximum Gasteiger partial charge on any atom is 0.257 e. The predicted molar refractivity (Wildman–Crippen MR) is 98.5 cm³/mol. The molecule has 0 spiro atoms. The van der Waals surface area contributed by atoms with Gasteiger partial charge in [-0.1, -0.05) is 49.9 Å². The van der Waals surface area contributed by atoms with Crippen molar-refractivity contribution in [2.45, 2.75) is 31.4 Å². The molecule has 0 aliphatic carbocycles.